The molecule has 0 aliphatic carbocycles. The molecule has 0 aromatic heterocycles. The molecule has 102 valence electrons. The second-order valence-corrected chi connectivity index (χ2v) is 6.27. The lowest BCUT2D eigenvalue weighted by atomic mass is 9.94. The lowest BCUT2D eigenvalue weighted by molar-refractivity contribution is 0.607. The number of anilines is 1. The average molecular weight is 247 g/mol. The minimum atomic E-state index is 0.574. The maximum Gasteiger partial charge on any atom is 0.0375 e. The predicted octanol–water partition coefficient (Wildman–Crippen LogP) is 5.39. The lowest BCUT2D eigenvalue weighted by Crippen LogP contribution is -2.08. The van der Waals surface area contributed by atoms with E-state index < -0.39 is 0 Å². The molecular weight excluding hydrogens is 218 g/mol. The highest BCUT2D eigenvalue weighted by molar-refractivity contribution is 5.54. The summed E-state index contributed by atoms with van der Waals surface area (Å²) in [5.41, 5.74) is 4.20. The largest absolute Gasteiger partial charge is 0.385 e. The fraction of sp³-hybridized carbons (Fsp3) is 0.647. The molecular formula is C17H29N. The standard InChI is InChI=1S/C17H29N/c1-12(2)9-10-18-17-8-7-15(13(3)4)11-16(17)14(5)6/h7-8,11-14,18H,9-10H2,1-6H3. The molecule has 18 heavy (non-hydrogen) atoms. The van der Waals surface area contributed by atoms with E-state index in [0.29, 0.717) is 11.8 Å². The molecule has 1 heteroatoms. The second-order valence-electron chi connectivity index (χ2n) is 6.27. The lowest BCUT2D eigenvalue weighted by Gasteiger charge is -2.18. The van der Waals surface area contributed by atoms with Crippen LogP contribution < -0.4 is 5.32 Å². The molecule has 0 aliphatic rings. The Morgan fingerprint density at radius 3 is 2.11 bits per heavy atom. The first kappa shape index (κ1) is 15.1. The quantitative estimate of drug-likeness (QED) is 0.710. The molecule has 1 aromatic carbocycles. The molecule has 0 aliphatic heterocycles. The monoisotopic (exact) mass is 247 g/mol. The highest BCUT2D eigenvalue weighted by atomic mass is 14.9. The molecule has 1 N–H and O–H groups in total. The van der Waals surface area contributed by atoms with Crippen LogP contribution in [0.1, 0.15) is 70.9 Å². The van der Waals surface area contributed by atoms with Gasteiger partial charge < -0.3 is 5.32 Å². The molecule has 0 spiro atoms. The van der Waals surface area contributed by atoms with E-state index in [2.05, 4.69) is 65.1 Å². The first-order valence-electron chi connectivity index (χ1n) is 7.29. The summed E-state index contributed by atoms with van der Waals surface area (Å²) in [7, 11) is 0. The van der Waals surface area contributed by atoms with Crippen LogP contribution in [0.15, 0.2) is 18.2 Å². The summed E-state index contributed by atoms with van der Waals surface area (Å²) in [6, 6.07) is 6.88. The van der Waals surface area contributed by atoms with Crippen LogP contribution in [0.5, 0.6) is 0 Å². The van der Waals surface area contributed by atoms with Gasteiger partial charge in [0.1, 0.15) is 0 Å². The molecule has 0 radical (unpaired) electrons. The fourth-order valence-electron chi connectivity index (χ4n) is 2.07. The van der Waals surface area contributed by atoms with Crippen molar-refractivity contribution in [2.75, 3.05) is 11.9 Å². The SMILES string of the molecule is CC(C)CCNc1ccc(C(C)C)cc1C(C)C. The molecule has 0 atom stereocenters. The Morgan fingerprint density at radius 1 is 0.944 bits per heavy atom. The Bertz CT molecular complexity index is 364. The molecule has 0 saturated heterocycles. The van der Waals surface area contributed by atoms with Gasteiger partial charge in [-0.2, -0.15) is 0 Å². The van der Waals surface area contributed by atoms with Gasteiger partial charge in [0.05, 0.1) is 0 Å². The summed E-state index contributed by atoms with van der Waals surface area (Å²) in [5, 5.41) is 3.59. The molecule has 0 saturated carbocycles. The Morgan fingerprint density at radius 2 is 1.61 bits per heavy atom. The van der Waals surface area contributed by atoms with E-state index in [1.807, 2.05) is 0 Å². The number of benzene rings is 1. The minimum absolute atomic E-state index is 0.574. The second kappa shape index (κ2) is 6.82. The summed E-state index contributed by atoms with van der Waals surface area (Å²) < 4.78 is 0. The minimum Gasteiger partial charge on any atom is -0.385 e. The van der Waals surface area contributed by atoms with Gasteiger partial charge in [0, 0.05) is 12.2 Å². The zero-order chi connectivity index (χ0) is 13.7. The van der Waals surface area contributed by atoms with E-state index in [1.54, 1.807) is 0 Å². The number of hydrogen-bond donors (Lipinski definition) is 1. The van der Waals surface area contributed by atoms with E-state index in [9.17, 15) is 0 Å². The maximum atomic E-state index is 3.59. The normalized spacial score (nSPS) is 11.6. The molecule has 0 heterocycles. The molecule has 1 aromatic rings. The first-order chi connectivity index (χ1) is 8.41. The topological polar surface area (TPSA) is 12.0 Å². The molecule has 0 fully saturated rings. The van der Waals surface area contributed by atoms with Gasteiger partial charge in [0.25, 0.3) is 0 Å². The molecule has 1 nitrogen and oxygen atoms in total. The van der Waals surface area contributed by atoms with Crippen LogP contribution in [0.2, 0.25) is 0 Å². The van der Waals surface area contributed by atoms with Crippen molar-refractivity contribution >= 4 is 5.69 Å². The number of hydrogen-bond acceptors (Lipinski definition) is 1. The maximum absolute atomic E-state index is 3.59. The van der Waals surface area contributed by atoms with Crippen LogP contribution in [-0.2, 0) is 0 Å². The third kappa shape index (κ3) is 4.36. The van der Waals surface area contributed by atoms with Crippen molar-refractivity contribution in [2.24, 2.45) is 5.92 Å². The van der Waals surface area contributed by atoms with Crippen LogP contribution in [0.3, 0.4) is 0 Å². The van der Waals surface area contributed by atoms with Crippen molar-refractivity contribution in [3.63, 3.8) is 0 Å². The van der Waals surface area contributed by atoms with Crippen LogP contribution in [-0.4, -0.2) is 6.54 Å². The zero-order valence-corrected chi connectivity index (χ0v) is 12.9. The molecule has 0 amide bonds. The van der Waals surface area contributed by atoms with Gasteiger partial charge in [0.15, 0.2) is 0 Å². The zero-order valence-electron chi connectivity index (χ0n) is 12.9. The smallest absolute Gasteiger partial charge is 0.0375 e. The van der Waals surface area contributed by atoms with E-state index >= 15 is 0 Å². The Labute approximate surface area is 113 Å². The third-order valence-electron chi connectivity index (χ3n) is 3.40. The van der Waals surface area contributed by atoms with Crippen molar-refractivity contribution in [3.8, 4) is 0 Å². The third-order valence-corrected chi connectivity index (χ3v) is 3.40. The van der Waals surface area contributed by atoms with Crippen molar-refractivity contribution in [2.45, 2.75) is 59.8 Å². The highest BCUT2D eigenvalue weighted by Crippen LogP contribution is 2.28. The van der Waals surface area contributed by atoms with Crippen LogP contribution in [0.25, 0.3) is 0 Å². The summed E-state index contributed by atoms with van der Waals surface area (Å²) in [6.07, 6.45) is 1.23. The molecule has 0 unspecified atom stereocenters. The van der Waals surface area contributed by atoms with E-state index in [4.69, 9.17) is 0 Å². The van der Waals surface area contributed by atoms with Crippen LogP contribution in [0.4, 0.5) is 5.69 Å². The highest BCUT2D eigenvalue weighted by Gasteiger charge is 2.09. The molecule has 0 bridgehead atoms. The Balaban J connectivity index is 2.83. The van der Waals surface area contributed by atoms with Gasteiger partial charge in [0.2, 0.25) is 0 Å². The summed E-state index contributed by atoms with van der Waals surface area (Å²) in [6.45, 7) is 14.7. The first-order valence-corrected chi connectivity index (χ1v) is 7.29. The van der Waals surface area contributed by atoms with Gasteiger partial charge in [-0.3, -0.25) is 0 Å². The van der Waals surface area contributed by atoms with Crippen molar-refractivity contribution in [1.82, 2.24) is 0 Å². The van der Waals surface area contributed by atoms with Gasteiger partial charge >= 0.3 is 0 Å². The van der Waals surface area contributed by atoms with Crippen molar-refractivity contribution < 1.29 is 0 Å². The Kier molecular flexibility index (Phi) is 5.71. The van der Waals surface area contributed by atoms with E-state index in [0.717, 1.165) is 12.5 Å². The summed E-state index contributed by atoms with van der Waals surface area (Å²) >= 11 is 0. The number of nitrogens with one attached hydrogen (secondary N) is 1. The Hall–Kier alpha value is -0.980. The predicted molar refractivity (Wildman–Crippen MR) is 82.6 cm³/mol. The van der Waals surface area contributed by atoms with Gasteiger partial charge in [-0.1, -0.05) is 53.7 Å². The summed E-state index contributed by atoms with van der Waals surface area (Å²) in [4.78, 5) is 0. The van der Waals surface area contributed by atoms with Gasteiger partial charge in [-0.15, -0.1) is 0 Å². The molecule has 1 rings (SSSR count). The van der Waals surface area contributed by atoms with Crippen molar-refractivity contribution in [1.29, 1.82) is 0 Å². The number of rotatable bonds is 6. The van der Waals surface area contributed by atoms with E-state index in [-0.39, 0.29) is 0 Å². The van der Waals surface area contributed by atoms with Crippen molar-refractivity contribution in [3.05, 3.63) is 29.3 Å². The van der Waals surface area contributed by atoms with E-state index in [1.165, 1.54) is 23.2 Å². The summed E-state index contributed by atoms with van der Waals surface area (Å²) in [5.74, 6) is 1.94. The van der Waals surface area contributed by atoms with Gasteiger partial charge in [-0.25, -0.2) is 0 Å². The van der Waals surface area contributed by atoms with Gasteiger partial charge in [-0.05, 0) is 41.4 Å². The van der Waals surface area contributed by atoms with Crippen LogP contribution in [0, 0.1) is 5.92 Å². The van der Waals surface area contributed by atoms with Crippen LogP contribution >= 0.6 is 0 Å². The average Bonchev–Trinajstić information content (AvgIpc) is 2.28. The fourth-order valence-corrected chi connectivity index (χ4v) is 2.07.